The number of hydrogen-bond acceptors (Lipinski definition) is 8. The van der Waals surface area contributed by atoms with Crippen LogP contribution in [0, 0.1) is 0 Å². The highest BCUT2D eigenvalue weighted by Crippen LogP contribution is 2.33. The molecule has 1 aromatic heterocycles. The van der Waals surface area contributed by atoms with Crippen LogP contribution in [0.3, 0.4) is 0 Å². The van der Waals surface area contributed by atoms with Crippen molar-refractivity contribution in [3.05, 3.63) is 66.7 Å². The standard InChI is InChI=1S/C28H27N3O5/c1-3-33-20-9-5-18(6-10-20)26-29-27(19-7-11-21(12-8-19)34-4-2)31-28(30-26)24-14-13-22(15-25(24)32)35-16-23-17-36-23/h5-15,23,32H,3-4,16-17H2,1-2H3. The highest BCUT2D eigenvalue weighted by Gasteiger charge is 2.23. The molecule has 0 aliphatic carbocycles. The Morgan fingerprint density at radius 3 is 1.69 bits per heavy atom. The van der Waals surface area contributed by atoms with E-state index in [4.69, 9.17) is 23.9 Å². The number of nitrogens with zero attached hydrogens (tertiary/aromatic N) is 3. The second-order valence-electron chi connectivity index (χ2n) is 8.17. The third-order valence-corrected chi connectivity index (χ3v) is 5.53. The summed E-state index contributed by atoms with van der Waals surface area (Å²) in [5.41, 5.74) is 2.09. The topological polar surface area (TPSA) is 99.1 Å². The number of epoxide rings is 1. The minimum Gasteiger partial charge on any atom is -0.507 e. The Bertz CT molecular complexity index is 1250. The van der Waals surface area contributed by atoms with E-state index in [1.54, 1.807) is 18.2 Å². The number of rotatable bonds is 10. The first-order valence-electron chi connectivity index (χ1n) is 11.9. The third-order valence-electron chi connectivity index (χ3n) is 5.53. The van der Waals surface area contributed by atoms with E-state index in [-0.39, 0.29) is 11.9 Å². The Hall–Kier alpha value is -4.17. The van der Waals surface area contributed by atoms with E-state index >= 15 is 0 Å². The van der Waals surface area contributed by atoms with Gasteiger partial charge in [-0.15, -0.1) is 0 Å². The molecule has 0 spiro atoms. The maximum Gasteiger partial charge on any atom is 0.167 e. The Balaban J connectivity index is 1.53. The number of phenols is 1. The largest absolute Gasteiger partial charge is 0.507 e. The summed E-state index contributed by atoms with van der Waals surface area (Å²) in [4.78, 5) is 14.1. The van der Waals surface area contributed by atoms with Gasteiger partial charge < -0.3 is 24.1 Å². The van der Waals surface area contributed by atoms with Crippen LogP contribution in [0.5, 0.6) is 23.0 Å². The molecule has 5 rings (SSSR count). The van der Waals surface area contributed by atoms with Crippen LogP contribution < -0.4 is 14.2 Å². The maximum atomic E-state index is 10.8. The summed E-state index contributed by atoms with van der Waals surface area (Å²) >= 11 is 0. The van der Waals surface area contributed by atoms with Crippen molar-refractivity contribution in [3.63, 3.8) is 0 Å². The van der Waals surface area contributed by atoms with E-state index in [1.165, 1.54) is 0 Å². The first kappa shape index (κ1) is 23.6. The van der Waals surface area contributed by atoms with E-state index in [0.717, 1.165) is 22.6 Å². The van der Waals surface area contributed by atoms with Gasteiger partial charge in [-0.25, -0.2) is 15.0 Å². The van der Waals surface area contributed by atoms with Gasteiger partial charge in [0.2, 0.25) is 0 Å². The fourth-order valence-electron chi connectivity index (χ4n) is 3.63. The molecule has 1 unspecified atom stereocenters. The second kappa shape index (κ2) is 10.6. The third kappa shape index (κ3) is 5.55. The summed E-state index contributed by atoms with van der Waals surface area (Å²) in [6, 6.07) is 20.2. The van der Waals surface area contributed by atoms with Gasteiger partial charge in [0.25, 0.3) is 0 Å². The van der Waals surface area contributed by atoms with E-state index in [9.17, 15) is 5.11 Å². The van der Waals surface area contributed by atoms with Gasteiger partial charge >= 0.3 is 0 Å². The van der Waals surface area contributed by atoms with Gasteiger partial charge in [0.1, 0.15) is 35.7 Å². The zero-order valence-electron chi connectivity index (χ0n) is 20.2. The van der Waals surface area contributed by atoms with E-state index in [0.29, 0.717) is 55.2 Å². The Labute approximate surface area is 209 Å². The van der Waals surface area contributed by atoms with Crippen molar-refractivity contribution in [3.8, 4) is 57.2 Å². The van der Waals surface area contributed by atoms with Crippen LogP contribution in [-0.2, 0) is 4.74 Å². The fourth-order valence-corrected chi connectivity index (χ4v) is 3.63. The van der Waals surface area contributed by atoms with E-state index in [2.05, 4.69) is 9.97 Å². The molecule has 0 bridgehead atoms. The molecule has 1 N–H and O–H groups in total. The van der Waals surface area contributed by atoms with Gasteiger partial charge in [-0.2, -0.15) is 0 Å². The van der Waals surface area contributed by atoms with Crippen molar-refractivity contribution in [2.24, 2.45) is 0 Å². The molecule has 3 aromatic carbocycles. The van der Waals surface area contributed by atoms with Crippen LogP contribution >= 0.6 is 0 Å². The predicted octanol–water partition coefficient (Wildman–Crippen LogP) is 5.15. The second-order valence-corrected chi connectivity index (χ2v) is 8.17. The van der Waals surface area contributed by atoms with Crippen molar-refractivity contribution >= 4 is 0 Å². The van der Waals surface area contributed by atoms with Crippen molar-refractivity contribution in [1.82, 2.24) is 15.0 Å². The molecule has 1 aliphatic heterocycles. The average molecular weight is 486 g/mol. The lowest BCUT2D eigenvalue weighted by atomic mass is 10.1. The molecule has 8 heteroatoms. The zero-order valence-corrected chi connectivity index (χ0v) is 20.2. The Morgan fingerprint density at radius 2 is 1.22 bits per heavy atom. The first-order valence-corrected chi connectivity index (χ1v) is 11.9. The van der Waals surface area contributed by atoms with Gasteiger partial charge in [0.15, 0.2) is 17.5 Å². The molecule has 0 amide bonds. The molecule has 2 heterocycles. The number of phenolic OH excluding ortho intramolecular Hbond substituents is 1. The highest BCUT2D eigenvalue weighted by atomic mass is 16.6. The lowest BCUT2D eigenvalue weighted by Crippen LogP contribution is -2.04. The van der Waals surface area contributed by atoms with Crippen LogP contribution in [0.15, 0.2) is 66.7 Å². The van der Waals surface area contributed by atoms with Gasteiger partial charge in [0.05, 0.1) is 25.4 Å². The number of hydrogen-bond donors (Lipinski definition) is 1. The molecule has 1 saturated heterocycles. The van der Waals surface area contributed by atoms with E-state index < -0.39 is 0 Å². The smallest absolute Gasteiger partial charge is 0.167 e. The molecular weight excluding hydrogens is 458 g/mol. The van der Waals surface area contributed by atoms with Gasteiger partial charge in [-0.3, -0.25) is 0 Å². The molecule has 8 nitrogen and oxygen atoms in total. The maximum absolute atomic E-state index is 10.8. The molecule has 36 heavy (non-hydrogen) atoms. The summed E-state index contributed by atoms with van der Waals surface area (Å²) in [6.07, 6.45) is 0.128. The summed E-state index contributed by atoms with van der Waals surface area (Å²) in [7, 11) is 0. The van der Waals surface area contributed by atoms with Crippen LogP contribution in [0.1, 0.15) is 13.8 Å². The van der Waals surface area contributed by atoms with Crippen LogP contribution in [0.2, 0.25) is 0 Å². The molecule has 1 atom stereocenters. The van der Waals surface area contributed by atoms with Gasteiger partial charge in [0, 0.05) is 17.2 Å². The Morgan fingerprint density at radius 1 is 0.722 bits per heavy atom. The minimum absolute atomic E-state index is 0.0192. The molecule has 1 aliphatic rings. The SMILES string of the molecule is CCOc1ccc(-c2nc(-c3ccc(OCC)cc3)nc(-c3ccc(OCC4CO4)cc3O)n2)cc1. The number of aromatic hydroxyl groups is 1. The van der Waals surface area contributed by atoms with E-state index in [1.807, 2.05) is 62.4 Å². The minimum atomic E-state index is 0.0192. The van der Waals surface area contributed by atoms with Crippen molar-refractivity contribution in [2.45, 2.75) is 20.0 Å². The Kier molecular flexibility index (Phi) is 6.95. The summed E-state index contributed by atoms with van der Waals surface area (Å²) in [5, 5.41) is 10.8. The lowest BCUT2D eigenvalue weighted by molar-refractivity contribution is 0.262. The average Bonchev–Trinajstić information content (AvgIpc) is 3.73. The molecule has 184 valence electrons. The molecule has 0 saturated carbocycles. The van der Waals surface area contributed by atoms with Gasteiger partial charge in [-0.05, 0) is 74.5 Å². The number of ether oxygens (including phenoxy) is 4. The summed E-state index contributed by atoms with van der Waals surface area (Å²) < 4.78 is 22.0. The number of aromatic nitrogens is 3. The summed E-state index contributed by atoms with van der Waals surface area (Å²) in [5.74, 6) is 3.44. The van der Waals surface area contributed by atoms with Crippen LogP contribution in [-0.4, -0.2) is 52.6 Å². The normalized spacial score (nSPS) is 14.3. The van der Waals surface area contributed by atoms with Gasteiger partial charge in [-0.1, -0.05) is 0 Å². The molecule has 1 fully saturated rings. The van der Waals surface area contributed by atoms with Crippen LogP contribution in [0.25, 0.3) is 34.2 Å². The number of benzene rings is 3. The highest BCUT2D eigenvalue weighted by molar-refractivity contribution is 5.70. The predicted molar refractivity (Wildman–Crippen MR) is 135 cm³/mol. The molecule has 0 radical (unpaired) electrons. The van der Waals surface area contributed by atoms with Crippen molar-refractivity contribution < 1.29 is 24.1 Å². The summed E-state index contributed by atoms with van der Waals surface area (Å²) in [6.45, 7) is 6.22. The fraction of sp³-hybridized carbons (Fsp3) is 0.250. The quantitative estimate of drug-likeness (QED) is 0.308. The zero-order chi connectivity index (χ0) is 24.9. The monoisotopic (exact) mass is 485 g/mol. The first-order chi connectivity index (χ1) is 17.6. The van der Waals surface area contributed by atoms with Crippen LogP contribution in [0.4, 0.5) is 0 Å². The lowest BCUT2D eigenvalue weighted by Gasteiger charge is -2.11. The molecular formula is C28H27N3O5. The van der Waals surface area contributed by atoms with Crippen molar-refractivity contribution in [2.75, 3.05) is 26.4 Å². The van der Waals surface area contributed by atoms with Crippen molar-refractivity contribution in [1.29, 1.82) is 0 Å². The molecule has 4 aromatic rings.